The summed E-state index contributed by atoms with van der Waals surface area (Å²) in [7, 11) is -3.80. The Labute approximate surface area is 174 Å². The molecule has 1 aliphatic rings. The van der Waals surface area contributed by atoms with Crippen LogP contribution in [0.25, 0.3) is 0 Å². The third-order valence-electron chi connectivity index (χ3n) is 4.47. The third kappa shape index (κ3) is 5.57. The first-order valence-electron chi connectivity index (χ1n) is 9.23. The summed E-state index contributed by atoms with van der Waals surface area (Å²) >= 11 is 1.57. The first kappa shape index (κ1) is 21.8. The van der Waals surface area contributed by atoms with Crippen LogP contribution in [-0.4, -0.2) is 57.2 Å². The quantitative estimate of drug-likeness (QED) is 0.531. The average Bonchev–Trinajstić information content (AvgIpc) is 2.73. The molecule has 0 bridgehead atoms. The number of rotatable bonds is 7. The van der Waals surface area contributed by atoms with E-state index in [0.717, 1.165) is 17.0 Å². The second kappa shape index (κ2) is 9.71. The topological polar surface area (TPSA) is 75.7 Å². The highest BCUT2D eigenvalue weighted by molar-refractivity contribution is 7.99. The van der Waals surface area contributed by atoms with Crippen LogP contribution in [0.5, 0.6) is 0 Å². The predicted octanol–water partition coefficient (Wildman–Crippen LogP) is 2.68. The number of hydrogen-bond donors (Lipinski definition) is 1. The monoisotopic (exact) mass is 438 g/mol. The number of benzene rings is 2. The SMILES string of the molecule is Cc1ccc(SCCNC(=O)c2cc(S(=O)(=O)N3CCOCC3)ccc2F)cc1. The van der Waals surface area contributed by atoms with Crippen LogP contribution in [0, 0.1) is 12.7 Å². The van der Waals surface area contributed by atoms with Crippen molar-refractivity contribution >= 4 is 27.7 Å². The van der Waals surface area contributed by atoms with Gasteiger partial charge in [-0.15, -0.1) is 11.8 Å². The van der Waals surface area contributed by atoms with Crippen LogP contribution in [0.4, 0.5) is 4.39 Å². The lowest BCUT2D eigenvalue weighted by Crippen LogP contribution is -2.40. The number of nitrogens with zero attached hydrogens (tertiary/aromatic N) is 1. The van der Waals surface area contributed by atoms with Crippen molar-refractivity contribution < 1.29 is 22.3 Å². The zero-order valence-corrected chi connectivity index (χ0v) is 17.7. The van der Waals surface area contributed by atoms with Crippen molar-refractivity contribution in [2.24, 2.45) is 0 Å². The van der Waals surface area contributed by atoms with Crippen molar-refractivity contribution in [1.82, 2.24) is 9.62 Å². The van der Waals surface area contributed by atoms with Crippen molar-refractivity contribution in [3.05, 3.63) is 59.4 Å². The molecule has 0 aromatic heterocycles. The van der Waals surface area contributed by atoms with Crippen LogP contribution < -0.4 is 5.32 Å². The van der Waals surface area contributed by atoms with Crippen LogP contribution in [0.15, 0.2) is 52.3 Å². The molecule has 2 aromatic rings. The molecule has 1 amide bonds. The first-order chi connectivity index (χ1) is 13.9. The number of aryl methyl sites for hydroxylation is 1. The summed E-state index contributed by atoms with van der Waals surface area (Å²) in [4.78, 5) is 13.4. The zero-order valence-electron chi connectivity index (χ0n) is 16.1. The van der Waals surface area contributed by atoms with Gasteiger partial charge in [0, 0.05) is 30.3 Å². The Morgan fingerprint density at radius 3 is 2.55 bits per heavy atom. The number of amides is 1. The van der Waals surface area contributed by atoms with E-state index >= 15 is 0 Å². The lowest BCUT2D eigenvalue weighted by molar-refractivity contribution is 0.0730. The fourth-order valence-electron chi connectivity index (χ4n) is 2.84. The fraction of sp³-hybridized carbons (Fsp3) is 0.350. The maximum absolute atomic E-state index is 14.2. The Balaban J connectivity index is 1.62. The second-order valence-electron chi connectivity index (χ2n) is 6.58. The molecule has 1 saturated heterocycles. The van der Waals surface area contributed by atoms with Crippen molar-refractivity contribution in [2.75, 3.05) is 38.6 Å². The van der Waals surface area contributed by atoms with Gasteiger partial charge in [-0.05, 0) is 37.3 Å². The van der Waals surface area contributed by atoms with Crippen LogP contribution in [-0.2, 0) is 14.8 Å². The van der Waals surface area contributed by atoms with Gasteiger partial charge in [0.1, 0.15) is 5.82 Å². The summed E-state index contributed by atoms with van der Waals surface area (Å²) in [5, 5.41) is 2.65. The summed E-state index contributed by atoms with van der Waals surface area (Å²) in [5.74, 6) is -0.775. The van der Waals surface area contributed by atoms with Gasteiger partial charge in [0.25, 0.3) is 5.91 Å². The fourth-order valence-corrected chi connectivity index (χ4v) is 5.04. The van der Waals surface area contributed by atoms with Crippen molar-refractivity contribution in [3.8, 4) is 0 Å². The van der Waals surface area contributed by atoms with E-state index in [1.54, 1.807) is 11.8 Å². The molecule has 0 radical (unpaired) electrons. The largest absolute Gasteiger partial charge is 0.379 e. The highest BCUT2D eigenvalue weighted by Gasteiger charge is 2.27. The van der Waals surface area contributed by atoms with Crippen LogP contribution in [0.2, 0.25) is 0 Å². The summed E-state index contributed by atoms with van der Waals surface area (Å²) in [6, 6.07) is 11.3. The molecule has 1 N–H and O–H groups in total. The number of morpholine rings is 1. The normalized spacial score (nSPS) is 15.2. The van der Waals surface area contributed by atoms with Gasteiger partial charge in [0.2, 0.25) is 10.0 Å². The molecule has 0 saturated carbocycles. The molecule has 29 heavy (non-hydrogen) atoms. The predicted molar refractivity (Wildman–Crippen MR) is 110 cm³/mol. The summed E-state index contributed by atoms with van der Waals surface area (Å²) < 4.78 is 46.1. The molecule has 0 unspecified atom stereocenters. The van der Waals surface area contributed by atoms with Crippen LogP contribution in [0.3, 0.4) is 0 Å². The van der Waals surface area contributed by atoms with E-state index in [2.05, 4.69) is 5.32 Å². The minimum atomic E-state index is -3.80. The van der Waals surface area contributed by atoms with Crippen molar-refractivity contribution in [2.45, 2.75) is 16.7 Å². The van der Waals surface area contributed by atoms with E-state index in [9.17, 15) is 17.6 Å². The first-order valence-corrected chi connectivity index (χ1v) is 11.7. The molecule has 0 spiro atoms. The smallest absolute Gasteiger partial charge is 0.254 e. The van der Waals surface area contributed by atoms with Gasteiger partial charge in [0.05, 0.1) is 23.7 Å². The lowest BCUT2D eigenvalue weighted by atomic mass is 10.2. The molecule has 0 atom stereocenters. The van der Waals surface area contributed by atoms with Crippen molar-refractivity contribution in [1.29, 1.82) is 0 Å². The van der Waals surface area contributed by atoms with Gasteiger partial charge < -0.3 is 10.1 Å². The molecular weight excluding hydrogens is 415 g/mol. The highest BCUT2D eigenvalue weighted by Crippen LogP contribution is 2.21. The van der Waals surface area contributed by atoms with Gasteiger partial charge in [-0.2, -0.15) is 4.31 Å². The Morgan fingerprint density at radius 1 is 1.17 bits per heavy atom. The van der Waals surface area contributed by atoms with E-state index in [1.165, 1.54) is 15.9 Å². The number of sulfonamides is 1. The van der Waals surface area contributed by atoms with E-state index < -0.39 is 21.7 Å². The summed E-state index contributed by atoms with van der Waals surface area (Å²) in [6.07, 6.45) is 0. The lowest BCUT2D eigenvalue weighted by Gasteiger charge is -2.26. The Hall–Kier alpha value is -1.94. The molecular formula is C20H23FN2O4S2. The Kier molecular flexibility index (Phi) is 7.28. The molecule has 2 aromatic carbocycles. The molecule has 1 aliphatic heterocycles. The Bertz CT molecular complexity index is 959. The maximum atomic E-state index is 14.2. The van der Waals surface area contributed by atoms with Gasteiger partial charge in [-0.25, -0.2) is 12.8 Å². The van der Waals surface area contributed by atoms with Gasteiger partial charge in [0.15, 0.2) is 0 Å². The summed E-state index contributed by atoms with van der Waals surface area (Å²) in [5.41, 5.74) is 0.893. The number of halogens is 1. The van der Waals surface area contributed by atoms with Gasteiger partial charge in [-0.1, -0.05) is 17.7 Å². The molecule has 6 nitrogen and oxygen atoms in total. The van der Waals surface area contributed by atoms with E-state index in [4.69, 9.17) is 4.74 Å². The molecule has 1 heterocycles. The zero-order chi connectivity index (χ0) is 20.9. The molecule has 0 aliphatic carbocycles. The minimum absolute atomic E-state index is 0.0972. The maximum Gasteiger partial charge on any atom is 0.254 e. The molecule has 156 valence electrons. The minimum Gasteiger partial charge on any atom is -0.379 e. The average molecular weight is 439 g/mol. The highest BCUT2D eigenvalue weighted by atomic mass is 32.2. The summed E-state index contributed by atoms with van der Waals surface area (Å²) in [6.45, 7) is 3.43. The van der Waals surface area contributed by atoms with E-state index in [0.29, 0.717) is 25.5 Å². The molecule has 1 fully saturated rings. The number of nitrogens with one attached hydrogen (secondary N) is 1. The number of hydrogen-bond acceptors (Lipinski definition) is 5. The number of carbonyl (C=O) groups is 1. The second-order valence-corrected chi connectivity index (χ2v) is 9.68. The number of carbonyl (C=O) groups excluding carboxylic acids is 1. The Morgan fingerprint density at radius 2 is 1.86 bits per heavy atom. The third-order valence-corrected chi connectivity index (χ3v) is 7.38. The van der Waals surface area contributed by atoms with Crippen LogP contribution >= 0.6 is 11.8 Å². The number of ether oxygens (including phenoxy) is 1. The standard InChI is InChI=1S/C20H23FN2O4S2/c1-15-2-4-16(5-3-15)28-13-8-22-20(24)18-14-17(6-7-19(18)21)29(25,26)23-9-11-27-12-10-23/h2-7,14H,8-13H2,1H3,(H,22,24). The van der Waals surface area contributed by atoms with Gasteiger partial charge in [-0.3, -0.25) is 4.79 Å². The van der Waals surface area contributed by atoms with E-state index in [-0.39, 0.29) is 23.5 Å². The van der Waals surface area contributed by atoms with Gasteiger partial charge >= 0.3 is 0 Å². The molecule has 9 heteroatoms. The van der Waals surface area contributed by atoms with E-state index in [1.807, 2.05) is 31.2 Å². The van der Waals surface area contributed by atoms with Crippen LogP contribution in [0.1, 0.15) is 15.9 Å². The number of thioether (sulfide) groups is 1. The van der Waals surface area contributed by atoms with Crippen molar-refractivity contribution in [3.63, 3.8) is 0 Å². The molecule has 3 rings (SSSR count).